The van der Waals surface area contributed by atoms with Gasteiger partial charge in [-0.3, -0.25) is 0 Å². The van der Waals surface area contributed by atoms with Crippen LogP contribution in [0.4, 0.5) is 0 Å². The molecule has 0 aromatic carbocycles. The number of rotatable bonds is 5. The lowest BCUT2D eigenvalue weighted by Gasteiger charge is -2.60. The van der Waals surface area contributed by atoms with Crippen LogP contribution >= 0.6 is 0 Å². The Morgan fingerprint density at radius 1 is 1.03 bits per heavy atom. The van der Waals surface area contributed by atoms with Crippen molar-refractivity contribution in [2.45, 2.75) is 111 Å². The van der Waals surface area contributed by atoms with Gasteiger partial charge in [0.25, 0.3) is 0 Å². The van der Waals surface area contributed by atoms with E-state index in [9.17, 15) is 5.11 Å². The van der Waals surface area contributed by atoms with E-state index < -0.39 is 5.60 Å². The Hall–Kier alpha value is -0.740. The number of fused-ring (bicyclic) bond motifs is 5. The normalized spacial score (nSPS) is 47.7. The molecule has 0 radical (unpaired) electrons. The molecular weight excluding hydrogens is 376 g/mol. The molecule has 0 aliphatic heterocycles. The van der Waals surface area contributed by atoms with Crippen LogP contribution in [0, 0.1) is 64.6 Å². The Bertz CT molecular complexity index is 742. The van der Waals surface area contributed by atoms with Crippen LogP contribution < -0.4 is 0 Å². The standard InChI is InChI=1S/C30H48O/c1-8-30(31)19-18-29(7)25(22(30)5)13-12-23-26-15-14-24(21(4)11-9-10-20(2)3)28(26,6)17-16-27(23)29/h1,12,20-22,24-27,31H,9-11,13-19H2,2-7H3/t21-,22+,24-,25+,26+,27+,28-,29+,30+/m1/s1. The summed E-state index contributed by atoms with van der Waals surface area (Å²) in [5.74, 6) is 7.59. The quantitative estimate of drug-likeness (QED) is 0.355. The van der Waals surface area contributed by atoms with Gasteiger partial charge in [0.15, 0.2) is 0 Å². The molecule has 0 heterocycles. The first-order chi connectivity index (χ1) is 14.6. The van der Waals surface area contributed by atoms with Crippen LogP contribution in [0.1, 0.15) is 106 Å². The lowest BCUT2D eigenvalue weighted by molar-refractivity contribution is -0.107. The van der Waals surface area contributed by atoms with E-state index in [-0.39, 0.29) is 5.92 Å². The number of hydrogen-bond donors (Lipinski definition) is 1. The predicted octanol–water partition coefficient (Wildman–Crippen LogP) is 7.64. The van der Waals surface area contributed by atoms with E-state index >= 15 is 0 Å². The molecular formula is C30H48O. The van der Waals surface area contributed by atoms with Gasteiger partial charge in [0.2, 0.25) is 0 Å². The zero-order chi connectivity index (χ0) is 22.6. The monoisotopic (exact) mass is 424 g/mol. The number of terminal acetylenes is 1. The highest BCUT2D eigenvalue weighted by molar-refractivity contribution is 5.30. The molecule has 4 rings (SSSR count). The summed E-state index contributed by atoms with van der Waals surface area (Å²) < 4.78 is 0. The van der Waals surface area contributed by atoms with Crippen molar-refractivity contribution in [3.8, 4) is 12.3 Å². The van der Waals surface area contributed by atoms with Gasteiger partial charge >= 0.3 is 0 Å². The number of allylic oxidation sites excluding steroid dienone is 2. The molecule has 3 saturated carbocycles. The van der Waals surface area contributed by atoms with Gasteiger partial charge in [-0.05, 0) is 97.2 Å². The molecule has 174 valence electrons. The first-order valence-electron chi connectivity index (χ1n) is 13.5. The smallest absolute Gasteiger partial charge is 0.128 e. The second kappa shape index (κ2) is 8.24. The van der Waals surface area contributed by atoms with Gasteiger partial charge in [-0.25, -0.2) is 0 Å². The third-order valence-electron chi connectivity index (χ3n) is 11.2. The van der Waals surface area contributed by atoms with E-state index in [0.717, 1.165) is 42.9 Å². The van der Waals surface area contributed by atoms with Gasteiger partial charge in [-0.2, -0.15) is 0 Å². The first kappa shape index (κ1) is 23.4. The minimum Gasteiger partial charge on any atom is -0.377 e. The van der Waals surface area contributed by atoms with Gasteiger partial charge in [-0.1, -0.05) is 78.4 Å². The summed E-state index contributed by atoms with van der Waals surface area (Å²) in [6.07, 6.45) is 21.2. The average Bonchev–Trinajstić information content (AvgIpc) is 3.08. The molecule has 0 aromatic rings. The van der Waals surface area contributed by atoms with Crippen LogP contribution in [0.25, 0.3) is 0 Å². The third-order valence-corrected chi connectivity index (χ3v) is 11.2. The molecule has 31 heavy (non-hydrogen) atoms. The Morgan fingerprint density at radius 2 is 1.74 bits per heavy atom. The van der Waals surface area contributed by atoms with Crippen molar-refractivity contribution in [3.05, 3.63) is 11.6 Å². The lowest BCUT2D eigenvalue weighted by Crippen LogP contribution is -2.56. The van der Waals surface area contributed by atoms with E-state index in [0.29, 0.717) is 22.7 Å². The largest absolute Gasteiger partial charge is 0.377 e. The fourth-order valence-corrected chi connectivity index (χ4v) is 9.16. The minimum atomic E-state index is -0.900. The lowest BCUT2D eigenvalue weighted by atomic mass is 9.45. The fraction of sp³-hybridized carbons (Fsp3) is 0.867. The zero-order valence-electron chi connectivity index (χ0n) is 21.2. The summed E-state index contributed by atoms with van der Waals surface area (Å²) in [7, 11) is 0. The maximum absolute atomic E-state index is 11.0. The van der Waals surface area contributed by atoms with E-state index in [1.807, 2.05) is 5.57 Å². The summed E-state index contributed by atoms with van der Waals surface area (Å²) in [4.78, 5) is 0. The van der Waals surface area contributed by atoms with Crippen LogP contribution in [0.5, 0.6) is 0 Å². The highest BCUT2D eigenvalue weighted by Crippen LogP contribution is 2.68. The molecule has 1 N–H and O–H groups in total. The Morgan fingerprint density at radius 3 is 2.42 bits per heavy atom. The van der Waals surface area contributed by atoms with Gasteiger partial charge in [0.05, 0.1) is 0 Å². The summed E-state index contributed by atoms with van der Waals surface area (Å²) in [6, 6.07) is 0. The van der Waals surface area contributed by atoms with Gasteiger partial charge in [0.1, 0.15) is 5.60 Å². The summed E-state index contributed by atoms with van der Waals surface area (Å²) in [6.45, 7) is 14.7. The van der Waals surface area contributed by atoms with Gasteiger partial charge < -0.3 is 5.11 Å². The molecule has 0 saturated heterocycles. The van der Waals surface area contributed by atoms with Crippen LogP contribution in [-0.2, 0) is 0 Å². The topological polar surface area (TPSA) is 20.2 Å². The molecule has 0 unspecified atom stereocenters. The predicted molar refractivity (Wildman–Crippen MR) is 131 cm³/mol. The molecule has 3 fully saturated rings. The third kappa shape index (κ3) is 3.64. The van der Waals surface area contributed by atoms with Gasteiger partial charge in [-0.15, -0.1) is 6.42 Å². The highest BCUT2D eigenvalue weighted by atomic mass is 16.3. The van der Waals surface area contributed by atoms with Crippen LogP contribution in [-0.4, -0.2) is 10.7 Å². The SMILES string of the molecule is C#C[C@]1(O)CC[C@]2(C)[C@H]3CC[C@]4(C)[C@@H]([C@H](C)CCCC(C)C)CC[C@H]4C3=CC[C@H]2[C@@H]1C. The van der Waals surface area contributed by atoms with E-state index in [1.54, 1.807) is 0 Å². The summed E-state index contributed by atoms with van der Waals surface area (Å²) in [5, 5.41) is 11.0. The number of hydrogen-bond acceptors (Lipinski definition) is 1. The van der Waals surface area contributed by atoms with Crippen LogP contribution in [0.2, 0.25) is 0 Å². The van der Waals surface area contributed by atoms with Crippen molar-refractivity contribution >= 4 is 0 Å². The van der Waals surface area contributed by atoms with Crippen molar-refractivity contribution in [2.24, 2.45) is 52.3 Å². The van der Waals surface area contributed by atoms with E-state index in [4.69, 9.17) is 6.42 Å². The minimum absolute atomic E-state index is 0.194. The van der Waals surface area contributed by atoms with Crippen molar-refractivity contribution in [2.75, 3.05) is 0 Å². The van der Waals surface area contributed by atoms with Gasteiger partial charge in [0, 0.05) is 0 Å². The molecule has 1 heteroatoms. The van der Waals surface area contributed by atoms with Crippen molar-refractivity contribution in [3.63, 3.8) is 0 Å². The molecule has 4 aliphatic carbocycles. The Kier molecular flexibility index (Phi) is 6.22. The molecule has 0 bridgehead atoms. The van der Waals surface area contributed by atoms with Crippen LogP contribution in [0.15, 0.2) is 11.6 Å². The summed E-state index contributed by atoms with van der Waals surface area (Å²) >= 11 is 0. The Balaban J connectivity index is 1.54. The van der Waals surface area contributed by atoms with Crippen molar-refractivity contribution < 1.29 is 5.11 Å². The summed E-state index contributed by atoms with van der Waals surface area (Å²) in [5.41, 5.74) is 1.74. The molecule has 0 amide bonds. The second-order valence-electron chi connectivity index (χ2n) is 13.0. The molecule has 9 atom stereocenters. The maximum atomic E-state index is 11.0. The zero-order valence-corrected chi connectivity index (χ0v) is 21.2. The van der Waals surface area contributed by atoms with E-state index in [2.05, 4.69) is 53.5 Å². The molecule has 1 nitrogen and oxygen atoms in total. The molecule has 4 aliphatic rings. The first-order valence-corrected chi connectivity index (χ1v) is 13.5. The molecule has 0 aromatic heterocycles. The average molecular weight is 425 g/mol. The second-order valence-corrected chi connectivity index (χ2v) is 13.0. The number of aliphatic hydroxyl groups is 1. The fourth-order valence-electron chi connectivity index (χ4n) is 9.16. The van der Waals surface area contributed by atoms with E-state index in [1.165, 1.54) is 44.9 Å². The Labute approximate surface area is 192 Å². The maximum Gasteiger partial charge on any atom is 0.128 e. The van der Waals surface area contributed by atoms with Crippen molar-refractivity contribution in [1.29, 1.82) is 0 Å². The van der Waals surface area contributed by atoms with Crippen LogP contribution in [0.3, 0.4) is 0 Å². The highest BCUT2D eigenvalue weighted by Gasteiger charge is 2.60. The van der Waals surface area contributed by atoms with Crippen molar-refractivity contribution in [1.82, 2.24) is 0 Å². The molecule has 0 spiro atoms.